The van der Waals surface area contributed by atoms with Gasteiger partial charge in [-0.25, -0.2) is 12.8 Å². The number of hydrogen-bond acceptors (Lipinski definition) is 2. The van der Waals surface area contributed by atoms with Crippen LogP contribution in [0.5, 0.6) is 0 Å². The first-order chi connectivity index (χ1) is 9.29. The number of anilines is 1. The maximum absolute atomic E-state index is 13.4. The quantitative estimate of drug-likeness (QED) is 0.863. The van der Waals surface area contributed by atoms with Gasteiger partial charge < -0.3 is 0 Å². The van der Waals surface area contributed by atoms with Crippen molar-refractivity contribution in [2.75, 3.05) is 4.72 Å². The van der Waals surface area contributed by atoms with Crippen molar-refractivity contribution in [3.8, 4) is 0 Å². The van der Waals surface area contributed by atoms with Crippen molar-refractivity contribution in [1.82, 2.24) is 0 Å². The molecule has 106 valence electrons. The molecule has 0 unspecified atom stereocenters. The van der Waals surface area contributed by atoms with Gasteiger partial charge in [0.15, 0.2) is 0 Å². The summed E-state index contributed by atoms with van der Waals surface area (Å²) in [6.07, 6.45) is 0. The number of rotatable bonds is 3. The van der Waals surface area contributed by atoms with Gasteiger partial charge in [0.25, 0.3) is 10.0 Å². The Hall–Kier alpha value is -1.11. The standard InChI is InChI=1S/C13H10BrClFNO2S/c1-8-2-3-9(6-12(8)15)17-20(18,19)10-4-5-11(14)13(16)7-10/h2-7,17H,1H3. The number of aryl methyl sites for hydroxylation is 1. The summed E-state index contributed by atoms with van der Waals surface area (Å²) in [6, 6.07) is 8.39. The summed E-state index contributed by atoms with van der Waals surface area (Å²) in [4.78, 5) is -0.158. The summed E-state index contributed by atoms with van der Waals surface area (Å²) in [5.41, 5.74) is 1.16. The zero-order valence-corrected chi connectivity index (χ0v) is 13.5. The lowest BCUT2D eigenvalue weighted by molar-refractivity contribution is 0.593. The second-order valence-corrected chi connectivity index (χ2v) is 7.09. The molecule has 0 saturated heterocycles. The van der Waals surface area contributed by atoms with Gasteiger partial charge in [0.1, 0.15) is 5.82 Å². The van der Waals surface area contributed by atoms with Crippen molar-refractivity contribution in [2.45, 2.75) is 11.8 Å². The maximum atomic E-state index is 13.4. The van der Waals surface area contributed by atoms with E-state index in [1.807, 2.05) is 6.92 Å². The predicted molar refractivity (Wildman–Crippen MR) is 81.1 cm³/mol. The van der Waals surface area contributed by atoms with Crippen LogP contribution in [0.4, 0.5) is 10.1 Å². The largest absolute Gasteiger partial charge is 0.280 e. The highest BCUT2D eigenvalue weighted by atomic mass is 79.9. The van der Waals surface area contributed by atoms with Crippen LogP contribution in [0, 0.1) is 12.7 Å². The Morgan fingerprint density at radius 3 is 2.50 bits per heavy atom. The fraction of sp³-hybridized carbons (Fsp3) is 0.0769. The van der Waals surface area contributed by atoms with E-state index in [1.165, 1.54) is 18.2 Å². The minimum atomic E-state index is -3.85. The average Bonchev–Trinajstić information content (AvgIpc) is 2.37. The molecule has 0 aromatic heterocycles. The number of nitrogens with one attached hydrogen (secondary N) is 1. The number of sulfonamides is 1. The van der Waals surface area contributed by atoms with Crippen molar-refractivity contribution >= 4 is 43.2 Å². The minimum Gasteiger partial charge on any atom is -0.280 e. The van der Waals surface area contributed by atoms with E-state index < -0.39 is 15.8 Å². The summed E-state index contributed by atoms with van der Waals surface area (Å²) in [6.45, 7) is 1.81. The van der Waals surface area contributed by atoms with Crippen molar-refractivity contribution in [3.05, 3.63) is 57.3 Å². The molecule has 0 spiro atoms. The molecular formula is C13H10BrClFNO2S. The van der Waals surface area contributed by atoms with Crippen LogP contribution >= 0.6 is 27.5 Å². The molecule has 2 rings (SSSR count). The lowest BCUT2D eigenvalue weighted by Gasteiger charge is -2.09. The summed E-state index contributed by atoms with van der Waals surface area (Å²) in [5, 5.41) is 0.451. The Balaban J connectivity index is 2.35. The van der Waals surface area contributed by atoms with Crippen LogP contribution in [0.1, 0.15) is 5.56 Å². The maximum Gasteiger partial charge on any atom is 0.261 e. The summed E-state index contributed by atoms with van der Waals surface area (Å²) in [5.74, 6) is -0.644. The molecule has 0 amide bonds. The van der Waals surface area contributed by atoms with Crippen molar-refractivity contribution in [1.29, 1.82) is 0 Å². The summed E-state index contributed by atoms with van der Waals surface area (Å²) < 4.78 is 40.2. The van der Waals surface area contributed by atoms with Crippen LogP contribution in [0.25, 0.3) is 0 Å². The molecule has 0 aliphatic rings. The highest BCUT2D eigenvalue weighted by Crippen LogP contribution is 2.24. The zero-order valence-electron chi connectivity index (χ0n) is 10.3. The highest BCUT2D eigenvalue weighted by Gasteiger charge is 2.16. The van der Waals surface area contributed by atoms with E-state index in [2.05, 4.69) is 20.7 Å². The number of halogens is 3. The van der Waals surface area contributed by atoms with Gasteiger partial charge >= 0.3 is 0 Å². The van der Waals surface area contributed by atoms with E-state index in [0.29, 0.717) is 10.7 Å². The molecule has 20 heavy (non-hydrogen) atoms. The van der Waals surface area contributed by atoms with Gasteiger partial charge in [-0.1, -0.05) is 17.7 Å². The van der Waals surface area contributed by atoms with Crippen LogP contribution in [0.3, 0.4) is 0 Å². The van der Waals surface area contributed by atoms with Crippen LogP contribution in [0.15, 0.2) is 45.8 Å². The molecular weight excluding hydrogens is 369 g/mol. The highest BCUT2D eigenvalue weighted by molar-refractivity contribution is 9.10. The molecule has 2 aromatic rings. The van der Waals surface area contributed by atoms with E-state index in [4.69, 9.17) is 11.6 Å². The Labute approximate surface area is 130 Å². The van der Waals surface area contributed by atoms with E-state index in [0.717, 1.165) is 11.6 Å². The smallest absolute Gasteiger partial charge is 0.261 e. The summed E-state index contributed by atoms with van der Waals surface area (Å²) in [7, 11) is -3.85. The summed E-state index contributed by atoms with van der Waals surface area (Å²) >= 11 is 8.91. The van der Waals surface area contributed by atoms with Gasteiger partial charge in [-0.15, -0.1) is 0 Å². The predicted octanol–water partition coefficient (Wildman–Crippen LogP) is 4.35. The Kier molecular flexibility index (Phi) is 4.36. The molecule has 0 radical (unpaired) electrons. The minimum absolute atomic E-state index is 0.158. The van der Waals surface area contributed by atoms with E-state index in [-0.39, 0.29) is 9.37 Å². The monoisotopic (exact) mass is 377 g/mol. The van der Waals surface area contributed by atoms with Crippen molar-refractivity contribution < 1.29 is 12.8 Å². The third kappa shape index (κ3) is 3.31. The average molecular weight is 379 g/mol. The number of hydrogen-bond donors (Lipinski definition) is 1. The molecule has 1 N–H and O–H groups in total. The van der Waals surface area contributed by atoms with Gasteiger partial charge in [0.2, 0.25) is 0 Å². The van der Waals surface area contributed by atoms with Crippen LogP contribution in [0.2, 0.25) is 5.02 Å². The Bertz CT molecular complexity index is 765. The van der Waals surface area contributed by atoms with Crippen molar-refractivity contribution in [3.63, 3.8) is 0 Å². The van der Waals surface area contributed by atoms with Gasteiger partial charge in [0.05, 0.1) is 15.1 Å². The lowest BCUT2D eigenvalue weighted by atomic mass is 10.2. The first-order valence-corrected chi connectivity index (χ1v) is 8.19. The first kappa shape index (κ1) is 15.3. The zero-order chi connectivity index (χ0) is 14.9. The fourth-order valence-corrected chi connectivity index (χ4v) is 3.00. The van der Waals surface area contributed by atoms with Crippen LogP contribution in [-0.2, 0) is 10.0 Å². The topological polar surface area (TPSA) is 46.2 Å². The van der Waals surface area contributed by atoms with E-state index in [9.17, 15) is 12.8 Å². The normalized spacial score (nSPS) is 11.4. The van der Waals surface area contributed by atoms with Crippen LogP contribution in [-0.4, -0.2) is 8.42 Å². The third-order valence-electron chi connectivity index (χ3n) is 2.63. The van der Waals surface area contributed by atoms with Gasteiger partial charge in [-0.05, 0) is 58.7 Å². The SMILES string of the molecule is Cc1ccc(NS(=O)(=O)c2ccc(Br)c(F)c2)cc1Cl. The van der Waals surface area contributed by atoms with E-state index >= 15 is 0 Å². The fourth-order valence-electron chi connectivity index (χ4n) is 1.51. The Morgan fingerprint density at radius 2 is 1.90 bits per heavy atom. The van der Waals surface area contributed by atoms with Crippen molar-refractivity contribution in [2.24, 2.45) is 0 Å². The molecule has 3 nitrogen and oxygen atoms in total. The molecule has 0 heterocycles. The molecule has 0 fully saturated rings. The van der Waals surface area contributed by atoms with Gasteiger partial charge in [0, 0.05) is 5.02 Å². The molecule has 0 aliphatic heterocycles. The lowest BCUT2D eigenvalue weighted by Crippen LogP contribution is -2.13. The molecule has 7 heteroatoms. The molecule has 0 aliphatic carbocycles. The molecule has 0 saturated carbocycles. The molecule has 0 bridgehead atoms. The Morgan fingerprint density at radius 1 is 1.20 bits per heavy atom. The second kappa shape index (κ2) is 5.71. The number of benzene rings is 2. The first-order valence-electron chi connectivity index (χ1n) is 5.53. The van der Waals surface area contributed by atoms with E-state index in [1.54, 1.807) is 12.1 Å². The van der Waals surface area contributed by atoms with Gasteiger partial charge in [-0.3, -0.25) is 4.72 Å². The van der Waals surface area contributed by atoms with Gasteiger partial charge in [-0.2, -0.15) is 0 Å². The second-order valence-electron chi connectivity index (χ2n) is 4.15. The molecule has 2 aromatic carbocycles. The molecule has 0 atom stereocenters. The third-order valence-corrected chi connectivity index (χ3v) is 5.05. The van der Waals surface area contributed by atoms with Crippen LogP contribution < -0.4 is 4.72 Å².